The van der Waals surface area contributed by atoms with Crippen LogP contribution in [0.5, 0.6) is 0 Å². The molecule has 2 aromatic rings. The Bertz CT molecular complexity index is 630. The molecule has 0 heterocycles. The summed E-state index contributed by atoms with van der Waals surface area (Å²) in [7, 11) is 4.17. The first-order valence-electron chi connectivity index (χ1n) is 7.91. The van der Waals surface area contributed by atoms with Crippen molar-refractivity contribution >= 4 is 17.5 Å². The topological polar surface area (TPSA) is 27.6 Å². The van der Waals surface area contributed by atoms with Gasteiger partial charge in [-0.3, -0.25) is 5.43 Å². The van der Waals surface area contributed by atoms with E-state index in [0.717, 1.165) is 17.9 Å². The van der Waals surface area contributed by atoms with Gasteiger partial charge >= 0.3 is 0 Å². The van der Waals surface area contributed by atoms with E-state index in [0.29, 0.717) is 5.92 Å². The highest BCUT2D eigenvalue weighted by Gasteiger charge is 2.09. The number of hydrogen-bond donors (Lipinski definition) is 1. The van der Waals surface area contributed by atoms with E-state index < -0.39 is 0 Å². The summed E-state index contributed by atoms with van der Waals surface area (Å²) >= 11 is 0. The van der Waals surface area contributed by atoms with Crippen molar-refractivity contribution in [2.45, 2.75) is 6.92 Å². The number of benzene rings is 2. The van der Waals surface area contributed by atoms with Crippen LogP contribution >= 0.6 is 0 Å². The molecule has 120 valence electrons. The van der Waals surface area contributed by atoms with Crippen molar-refractivity contribution in [1.82, 2.24) is 4.90 Å². The summed E-state index contributed by atoms with van der Waals surface area (Å²) in [6.07, 6.45) is 4.21. The lowest BCUT2D eigenvalue weighted by Gasteiger charge is -2.17. The van der Waals surface area contributed by atoms with Crippen molar-refractivity contribution in [3.63, 3.8) is 0 Å². The summed E-state index contributed by atoms with van der Waals surface area (Å²) in [5.74, 6) is 0.334. The van der Waals surface area contributed by atoms with E-state index in [1.165, 1.54) is 5.56 Å². The second-order valence-corrected chi connectivity index (χ2v) is 5.92. The van der Waals surface area contributed by atoms with E-state index in [4.69, 9.17) is 0 Å². The van der Waals surface area contributed by atoms with E-state index in [1.807, 2.05) is 48.5 Å². The van der Waals surface area contributed by atoms with Crippen molar-refractivity contribution < 1.29 is 0 Å². The maximum Gasteiger partial charge on any atom is 0.0648 e. The van der Waals surface area contributed by atoms with Gasteiger partial charge < -0.3 is 4.90 Å². The normalized spacial score (nSPS) is 13.5. The van der Waals surface area contributed by atoms with Gasteiger partial charge in [0, 0.05) is 12.5 Å². The van der Waals surface area contributed by atoms with Crippen LogP contribution in [0, 0.1) is 5.92 Å². The first-order chi connectivity index (χ1) is 11.1. The Morgan fingerprint density at radius 1 is 1.04 bits per heavy atom. The quantitative estimate of drug-likeness (QED) is 0.608. The maximum absolute atomic E-state index is 4.62. The molecule has 0 aliphatic rings. The number of hydrogen-bond acceptors (Lipinski definition) is 3. The van der Waals surface area contributed by atoms with Crippen molar-refractivity contribution in [3.05, 3.63) is 72.3 Å². The highest BCUT2D eigenvalue weighted by Crippen LogP contribution is 2.09. The lowest BCUT2D eigenvalue weighted by atomic mass is 10.0. The number of nitrogens with zero attached hydrogens (tertiary/aromatic N) is 2. The third-order valence-electron chi connectivity index (χ3n) is 3.48. The largest absolute Gasteiger partial charge is 0.309 e. The van der Waals surface area contributed by atoms with Crippen molar-refractivity contribution in [3.8, 4) is 0 Å². The Hall–Kier alpha value is -2.39. The molecule has 0 saturated heterocycles. The third-order valence-corrected chi connectivity index (χ3v) is 3.48. The molecule has 1 unspecified atom stereocenters. The summed E-state index contributed by atoms with van der Waals surface area (Å²) in [6, 6.07) is 20.3. The summed E-state index contributed by atoms with van der Waals surface area (Å²) in [5, 5.41) is 4.62. The number of para-hydroxylation sites is 1. The molecule has 0 amide bonds. The van der Waals surface area contributed by atoms with Gasteiger partial charge in [-0.05, 0) is 37.9 Å². The van der Waals surface area contributed by atoms with E-state index >= 15 is 0 Å². The Kier molecular flexibility index (Phi) is 6.57. The fourth-order valence-corrected chi connectivity index (χ4v) is 2.34. The van der Waals surface area contributed by atoms with Crippen LogP contribution < -0.4 is 5.43 Å². The molecule has 1 N–H and O–H groups in total. The van der Waals surface area contributed by atoms with Crippen molar-refractivity contribution in [2.75, 3.05) is 26.1 Å². The fraction of sp³-hybridized carbons (Fsp3) is 0.250. The number of allylic oxidation sites excluding steroid dienone is 1. The molecule has 0 aliphatic carbocycles. The zero-order valence-corrected chi connectivity index (χ0v) is 14.1. The minimum Gasteiger partial charge on any atom is -0.309 e. The zero-order valence-electron chi connectivity index (χ0n) is 14.1. The van der Waals surface area contributed by atoms with Crippen LogP contribution in [-0.2, 0) is 0 Å². The molecule has 2 rings (SSSR count). The summed E-state index contributed by atoms with van der Waals surface area (Å²) in [4.78, 5) is 2.18. The van der Waals surface area contributed by atoms with Crippen LogP contribution in [0.1, 0.15) is 12.5 Å². The Labute approximate surface area is 139 Å². The number of nitrogens with one attached hydrogen (secondary N) is 1. The Morgan fingerprint density at radius 3 is 2.26 bits per heavy atom. The van der Waals surface area contributed by atoms with Crippen molar-refractivity contribution in [1.29, 1.82) is 0 Å². The number of anilines is 1. The SMILES string of the molecule is CC(CN(C)C)C(/C=C/c1ccccc1)=N\Nc1ccccc1. The molecular weight excluding hydrogens is 282 g/mol. The lowest BCUT2D eigenvalue weighted by molar-refractivity contribution is 0.381. The lowest BCUT2D eigenvalue weighted by Crippen LogP contribution is -2.25. The van der Waals surface area contributed by atoms with Crippen LogP contribution in [-0.4, -0.2) is 31.3 Å². The van der Waals surface area contributed by atoms with Crippen LogP contribution in [0.15, 0.2) is 71.8 Å². The monoisotopic (exact) mass is 307 g/mol. The van der Waals surface area contributed by atoms with Gasteiger partial charge in [0.25, 0.3) is 0 Å². The highest BCUT2D eigenvalue weighted by atomic mass is 15.3. The van der Waals surface area contributed by atoms with Crippen LogP contribution in [0.25, 0.3) is 6.08 Å². The van der Waals surface area contributed by atoms with Crippen LogP contribution in [0.3, 0.4) is 0 Å². The molecule has 0 bridgehead atoms. The van der Waals surface area contributed by atoms with E-state index in [9.17, 15) is 0 Å². The van der Waals surface area contributed by atoms with Crippen molar-refractivity contribution in [2.24, 2.45) is 11.0 Å². The molecule has 23 heavy (non-hydrogen) atoms. The average molecular weight is 307 g/mol. The van der Waals surface area contributed by atoms with Gasteiger partial charge in [-0.1, -0.05) is 61.5 Å². The molecule has 0 aliphatic heterocycles. The first kappa shape index (κ1) is 17.0. The van der Waals surface area contributed by atoms with Crippen LogP contribution in [0.2, 0.25) is 0 Å². The molecule has 0 fully saturated rings. The molecule has 3 heteroatoms. The fourth-order valence-electron chi connectivity index (χ4n) is 2.34. The molecule has 1 atom stereocenters. The van der Waals surface area contributed by atoms with Gasteiger partial charge in [-0.15, -0.1) is 0 Å². The van der Waals surface area contributed by atoms with Crippen LogP contribution in [0.4, 0.5) is 5.69 Å². The van der Waals surface area contributed by atoms with E-state index in [-0.39, 0.29) is 0 Å². The molecule has 0 spiro atoms. The van der Waals surface area contributed by atoms with Gasteiger partial charge in [0.1, 0.15) is 0 Å². The molecule has 0 radical (unpaired) electrons. The summed E-state index contributed by atoms with van der Waals surface area (Å²) in [6.45, 7) is 3.15. The predicted molar refractivity (Wildman–Crippen MR) is 101 cm³/mol. The molecule has 2 aromatic carbocycles. The standard InChI is InChI=1S/C20H25N3/c1-17(16-23(2)3)20(15-14-18-10-6-4-7-11-18)22-21-19-12-8-5-9-13-19/h4-15,17,21H,16H2,1-3H3/b15-14+,22-20-. The van der Waals surface area contributed by atoms with E-state index in [1.54, 1.807) is 0 Å². The third kappa shape index (κ3) is 6.09. The first-order valence-corrected chi connectivity index (χ1v) is 7.91. The van der Waals surface area contributed by atoms with Gasteiger partial charge in [-0.25, -0.2) is 0 Å². The van der Waals surface area contributed by atoms with Gasteiger partial charge in [0.05, 0.1) is 11.4 Å². The minimum absolute atomic E-state index is 0.334. The second-order valence-electron chi connectivity index (χ2n) is 5.92. The molecule has 0 saturated carbocycles. The summed E-state index contributed by atoms with van der Waals surface area (Å²) < 4.78 is 0. The Morgan fingerprint density at radius 2 is 1.65 bits per heavy atom. The minimum atomic E-state index is 0.334. The molecular formula is C20H25N3. The second kappa shape index (κ2) is 8.91. The zero-order chi connectivity index (χ0) is 16.5. The molecule has 3 nitrogen and oxygen atoms in total. The number of hydrazone groups is 1. The average Bonchev–Trinajstić information content (AvgIpc) is 2.56. The maximum atomic E-state index is 4.62. The molecule has 0 aromatic heterocycles. The smallest absolute Gasteiger partial charge is 0.0648 e. The highest BCUT2D eigenvalue weighted by molar-refractivity contribution is 6.00. The van der Waals surface area contributed by atoms with Gasteiger partial charge in [0.2, 0.25) is 0 Å². The van der Waals surface area contributed by atoms with E-state index in [2.05, 4.69) is 60.7 Å². The summed E-state index contributed by atoms with van der Waals surface area (Å²) in [5.41, 5.74) is 6.36. The van der Waals surface area contributed by atoms with Gasteiger partial charge in [-0.2, -0.15) is 5.10 Å². The van der Waals surface area contributed by atoms with Gasteiger partial charge in [0.15, 0.2) is 0 Å². The Balaban J connectivity index is 2.15. The number of rotatable bonds is 7. The predicted octanol–water partition coefficient (Wildman–Crippen LogP) is 4.37.